The highest BCUT2D eigenvalue weighted by atomic mass is 16.5. The number of hydrogen-bond acceptors (Lipinski definition) is 3. The highest BCUT2D eigenvalue weighted by Gasteiger charge is 2.21. The standard InChI is InChI=1S/C10H18N2O2/c1-2-3-4-10(13)12-5-6-14-9(7-11)8-12/h2-3,9H,4-8,11H2,1H3/b3-2+/t9-/m1/s1. The van der Waals surface area contributed by atoms with Gasteiger partial charge < -0.3 is 15.4 Å². The first-order chi connectivity index (χ1) is 6.77. The minimum Gasteiger partial charge on any atom is -0.373 e. The summed E-state index contributed by atoms with van der Waals surface area (Å²) in [5, 5.41) is 0. The Morgan fingerprint density at radius 3 is 3.14 bits per heavy atom. The molecule has 1 rings (SSSR count). The number of carbonyl (C=O) groups excluding carboxylic acids is 1. The quantitative estimate of drug-likeness (QED) is 0.656. The molecule has 0 unspecified atom stereocenters. The Kier molecular flexibility index (Phi) is 4.62. The van der Waals surface area contributed by atoms with E-state index in [1.165, 1.54) is 0 Å². The van der Waals surface area contributed by atoms with E-state index in [1.807, 2.05) is 24.0 Å². The number of nitrogens with zero attached hydrogens (tertiary/aromatic N) is 1. The SMILES string of the molecule is C/C=C/CC(=O)N1CCO[C@H](CN)C1. The molecule has 80 valence electrons. The van der Waals surface area contributed by atoms with Crippen LogP contribution in [0.25, 0.3) is 0 Å². The van der Waals surface area contributed by atoms with Gasteiger partial charge in [0.1, 0.15) is 0 Å². The number of ether oxygens (including phenoxy) is 1. The highest BCUT2D eigenvalue weighted by molar-refractivity contribution is 5.77. The zero-order chi connectivity index (χ0) is 10.4. The number of rotatable bonds is 3. The molecule has 0 radical (unpaired) electrons. The van der Waals surface area contributed by atoms with E-state index < -0.39 is 0 Å². The van der Waals surface area contributed by atoms with Crippen LogP contribution in [0.4, 0.5) is 0 Å². The van der Waals surface area contributed by atoms with Crippen molar-refractivity contribution in [2.24, 2.45) is 5.73 Å². The molecule has 1 aliphatic heterocycles. The molecule has 1 aliphatic rings. The van der Waals surface area contributed by atoms with Crippen molar-refractivity contribution in [1.82, 2.24) is 4.90 Å². The average Bonchev–Trinajstić information content (AvgIpc) is 2.26. The van der Waals surface area contributed by atoms with E-state index in [4.69, 9.17) is 10.5 Å². The normalized spacial score (nSPS) is 23.0. The van der Waals surface area contributed by atoms with Crippen molar-refractivity contribution in [3.8, 4) is 0 Å². The Morgan fingerprint density at radius 2 is 2.50 bits per heavy atom. The van der Waals surface area contributed by atoms with Gasteiger partial charge in [-0.2, -0.15) is 0 Å². The van der Waals surface area contributed by atoms with E-state index in [0.29, 0.717) is 32.7 Å². The molecule has 1 fully saturated rings. The summed E-state index contributed by atoms with van der Waals surface area (Å²) < 4.78 is 5.38. The summed E-state index contributed by atoms with van der Waals surface area (Å²) in [5.41, 5.74) is 5.49. The molecule has 0 aromatic rings. The molecule has 0 aliphatic carbocycles. The number of nitrogens with two attached hydrogens (primary N) is 1. The lowest BCUT2D eigenvalue weighted by molar-refractivity contribution is -0.137. The zero-order valence-corrected chi connectivity index (χ0v) is 8.61. The fourth-order valence-corrected chi connectivity index (χ4v) is 1.44. The van der Waals surface area contributed by atoms with Crippen LogP contribution in [-0.2, 0) is 9.53 Å². The van der Waals surface area contributed by atoms with Gasteiger partial charge >= 0.3 is 0 Å². The summed E-state index contributed by atoms with van der Waals surface area (Å²) in [6, 6.07) is 0. The number of amides is 1. The van der Waals surface area contributed by atoms with Gasteiger partial charge in [-0.05, 0) is 6.92 Å². The second-order valence-electron chi connectivity index (χ2n) is 3.34. The smallest absolute Gasteiger partial charge is 0.226 e. The van der Waals surface area contributed by atoms with E-state index >= 15 is 0 Å². The summed E-state index contributed by atoms with van der Waals surface area (Å²) in [5.74, 6) is 0.157. The predicted octanol–water partition coefficient (Wildman–Crippen LogP) is 0.139. The lowest BCUT2D eigenvalue weighted by Gasteiger charge is -2.32. The summed E-state index contributed by atoms with van der Waals surface area (Å²) in [7, 11) is 0. The predicted molar refractivity (Wildman–Crippen MR) is 54.8 cm³/mol. The molecule has 1 heterocycles. The molecule has 0 aromatic carbocycles. The zero-order valence-electron chi connectivity index (χ0n) is 8.61. The molecule has 0 bridgehead atoms. The largest absolute Gasteiger partial charge is 0.373 e. The Morgan fingerprint density at radius 1 is 1.71 bits per heavy atom. The Balaban J connectivity index is 2.39. The molecular weight excluding hydrogens is 180 g/mol. The number of allylic oxidation sites excluding steroid dienone is 1. The Bertz CT molecular complexity index is 216. The van der Waals surface area contributed by atoms with Crippen molar-refractivity contribution in [3.63, 3.8) is 0 Å². The maximum atomic E-state index is 11.6. The van der Waals surface area contributed by atoms with Gasteiger partial charge in [-0.1, -0.05) is 12.2 Å². The molecule has 4 heteroatoms. The fraction of sp³-hybridized carbons (Fsp3) is 0.700. The maximum absolute atomic E-state index is 11.6. The summed E-state index contributed by atoms with van der Waals surface area (Å²) in [6.07, 6.45) is 4.25. The third kappa shape index (κ3) is 3.12. The molecule has 2 N–H and O–H groups in total. The van der Waals surface area contributed by atoms with Crippen molar-refractivity contribution >= 4 is 5.91 Å². The first-order valence-electron chi connectivity index (χ1n) is 4.98. The lowest BCUT2D eigenvalue weighted by Crippen LogP contribution is -2.48. The molecule has 1 amide bonds. The van der Waals surface area contributed by atoms with Crippen molar-refractivity contribution in [1.29, 1.82) is 0 Å². The van der Waals surface area contributed by atoms with Crippen molar-refractivity contribution in [2.75, 3.05) is 26.2 Å². The first kappa shape index (κ1) is 11.2. The van der Waals surface area contributed by atoms with E-state index in [9.17, 15) is 4.79 Å². The average molecular weight is 198 g/mol. The molecule has 4 nitrogen and oxygen atoms in total. The van der Waals surface area contributed by atoms with Crippen LogP contribution in [-0.4, -0.2) is 43.2 Å². The van der Waals surface area contributed by atoms with Crippen LogP contribution in [0.2, 0.25) is 0 Å². The van der Waals surface area contributed by atoms with Gasteiger partial charge in [0.25, 0.3) is 0 Å². The molecule has 1 saturated heterocycles. The minimum atomic E-state index is 0.0123. The van der Waals surface area contributed by atoms with Crippen molar-refractivity contribution in [2.45, 2.75) is 19.4 Å². The van der Waals surface area contributed by atoms with Gasteiger partial charge in [0, 0.05) is 26.1 Å². The lowest BCUT2D eigenvalue weighted by atomic mass is 10.2. The summed E-state index contributed by atoms with van der Waals surface area (Å²) in [4.78, 5) is 13.4. The molecule has 0 spiro atoms. The molecule has 0 aromatic heterocycles. The van der Waals surface area contributed by atoms with Gasteiger partial charge in [0.2, 0.25) is 5.91 Å². The maximum Gasteiger partial charge on any atom is 0.226 e. The van der Waals surface area contributed by atoms with Gasteiger partial charge in [0.15, 0.2) is 0 Å². The molecule has 14 heavy (non-hydrogen) atoms. The number of morpholine rings is 1. The van der Waals surface area contributed by atoms with Gasteiger partial charge in [0.05, 0.1) is 12.7 Å². The second kappa shape index (κ2) is 5.78. The summed E-state index contributed by atoms with van der Waals surface area (Å²) >= 11 is 0. The second-order valence-corrected chi connectivity index (χ2v) is 3.34. The van der Waals surface area contributed by atoms with Crippen LogP contribution >= 0.6 is 0 Å². The van der Waals surface area contributed by atoms with Gasteiger partial charge in [-0.25, -0.2) is 0 Å². The fourth-order valence-electron chi connectivity index (χ4n) is 1.44. The van der Waals surface area contributed by atoms with Crippen LogP contribution in [0.15, 0.2) is 12.2 Å². The molecular formula is C10H18N2O2. The van der Waals surface area contributed by atoms with Crippen molar-refractivity contribution in [3.05, 3.63) is 12.2 Å². The van der Waals surface area contributed by atoms with E-state index in [-0.39, 0.29) is 12.0 Å². The highest BCUT2D eigenvalue weighted by Crippen LogP contribution is 2.06. The van der Waals surface area contributed by atoms with Crippen LogP contribution in [0.5, 0.6) is 0 Å². The van der Waals surface area contributed by atoms with E-state index in [2.05, 4.69) is 0 Å². The van der Waals surface area contributed by atoms with E-state index in [1.54, 1.807) is 0 Å². The third-order valence-electron chi connectivity index (χ3n) is 2.28. The monoisotopic (exact) mass is 198 g/mol. The summed E-state index contributed by atoms with van der Waals surface area (Å²) in [6.45, 7) is 4.31. The van der Waals surface area contributed by atoms with Crippen LogP contribution in [0.3, 0.4) is 0 Å². The van der Waals surface area contributed by atoms with E-state index in [0.717, 1.165) is 0 Å². The van der Waals surface area contributed by atoms with Gasteiger partial charge in [-0.15, -0.1) is 0 Å². The number of hydrogen-bond donors (Lipinski definition) is 1. The Labute approximate surface area is 84.7 Å². The van der Waals surface area contributed by atoms with Gasteiger partial charge in [-0.3, -0.25) is 4.79 Å². The first-order valence-corrected chi connectivity index (χ1v) is 4.98. The van der Waals surface area contributed by atoms with Crippen LogP contribution < -0.4 is 5.73 Å². The topological polar surface area (TPSA) is 55.6 Å². The minimum absolute atomic E-state index is 0.0123. The molecule has 0 saturated carbocycles. The van der Waals surface area contributed by atoms with Crippen LogP contribution in [0, 0.1) is 0 Å². The number of carbonyl (C=O) groups is 1. The van der Waals surface area contributed by atoms with Crippen molar-refractivity contribution < 1.29 is 9.53 Å². The van der Waals surface area contributed by atoms with Crippen LogP contribution in [0.1, 0.15) is 13.3 Å². The third-order valence-corrected chi connectivity index (χ3v) is 2.28. The molecule has 1 atom stereocenters. The Hall–Kier alpha value is -0.870.